The van der Waals surface area contributed by atoms with Gasteiger partial charge in [-0.3, -0.25) is 9.59 Å². The van der Waals surface area contributed by atoms with Crippen molar-refractivity contribution in [3.05, 3.63) is 54.1 Å². The molecule has 2 rings (SSSR count). The van der Waals surface area contributed by atoms with Crippen LogP contribution in [0.25, 0.3) is 0 Å². The second kappa shape index (κ2) is 9.81. The number of amides is 2. The molecule has 6 nitrogen and oxygen atoms in total. The van der Waals surface area contributed by atoms with Gasteiger partial charge in [-0.25, -0.2) is 0 Å². The molecule has 0 spiro atoms. The van der Waals surface area contributed by atoms with E-state index < -0.39 is 24.6 Å². The van der Waals surface area contributed by atoms with Crippen LogP contribution < -0.4 is 20.1 Å². The molecule has 0 aliphatic rings. The molecule has 1 unspecified atom stereocenters. The first-order valence-electron chi connectivity index (χ1n) is 8.70. The quantitative estimate of drug-likeness (QED) is 0.687. The van der Waals surface area contributed by atoms with Crippen LogP contribution in [0.1, 0.15) is 12.5 Å². The molecule has 2 N–H and O–H groups in total. The zero-order valence-electron chi connectivity index (χ0n) is 15.9. The van der Waals surface area contributed by atoms with Crippen molar-refractivity contribution in [2.75, 3.05) is 19.0 Å². The molecule has 0 aromatic heterocycles. The van der Waals surface area contributed by atoms with Crippen molar-refractivity contribution >= 4 is 17.5 Å². The van der Waals surface area contributed by atoms with Gasteiger partial charge in [0, 0.05) is 17.8 Å². The van der Waals surface area contributed by atoms with E-state index in [1.807, 2.05) is 18.2 Å². The zero-order chi connectivity index (χ0) is 21.4. The molecule has 0 fully saturated rings. The van der Waals surface area contributed by atoms with Crippen molar-refractivity contribution in [1.29, 1.82) is 0 Å². The Hall–Kier alpha value is -3.23. The minimum absolute atomic E-state index is 0.0769. The van der Waals surface area contributed by atoms with Gasteiger partial charge in [0.05, 0.1) is 7.11 Å². The topological polar surface area (TPSA) is 76.7 Å². The maximum atomic E-state index is 12.2. The summed E-state index contributed by atoms with van der Waals surface area (Å²) in [4.78, 5) is 24.2. The van der Waals surface area contributed by atoms with Crippen molar-refractivity contribution < 1.29 is 32.2 Å². The Morgan fingerprint density at radius 3 is 2.41 bits per heavy atom. The van der Waals surface area contributed by atoms with Gasteiger partial charge in [0.1, 0.15) is 11.5 Å². The lowest BCUT2D eigenvalue weighted by Crippen LogP contribution is -2.41. The molecule has 0 bridgehead atoms. The smallest absolute Gasteiger partial charge is 0.422 e. The predicted octanol–water partition coefficient (Wildman–Crippen LogP) is 3.32. The van der Waals surface area contributed by atoms with Gasteiger partial charge in [0.25, 0.3) is 0 Å². The molecule has 0 aliphatic heterocycles. The number of hydrogen-bond acceptors (Lipinski definition) is 4. The molecule has 0 saturated carbocycles. The normalized spacial score (nSPS) is 12.0. The lowest BCUT2D eigenvalue weighted by atomic mass is 10.1. The second-order valence-electron chi connectivity index (χ2n) is 6.32. The second-order valence-corrected chi connectivity index (χ2v) is 6.32. The fraction of sp³-hybridized carbons (Fsp3) is 0.300. The molecule has 0 saturated heterocycles. The van der Waals surface area contributed by atoms with E-state index in [1.54, 1.807) is 20.1 Å². The summed E-state index contributed by atoms with van der Waals surface area (Å²) in [6, 6.07) is 12.4. The fourth-order valence-electron chi connectivity index (χ4n) is 2.51. The molecule has 2 amide bonds. The standard InChI is InChI=1S/C20H21F3N2O4/c1-13(9-14-5-3-7-16(10-14)28-2)24-18(26)19(27)25-15-6-4-8-17(11-15)29-12-20(21,22)23/h3-8,10-11,13H,9,12H2,1-2H3,(H,24,26)(H,25,27). The highest BCUT2D eigenvalue weighted by atomic mass is 19.4. The zero-order valence-corrected chi connectivity index (χ0v) is 15.9. The molecule has 2 aromatic carbocycles. The fourth-order valence-corrected chi connectivity index (χ4v) is 2.51. The third-order valence-corrected chi connectivity index (χ3v) is 3.75. The SMILES string of the molecule is COc1cccc(CC(C)NC(=O)C(=O)Nc2cccc(OCC(F)(F)F)c2)c1. The summed E-state index contributed by atoms with van der Waals surface area (Å²) < 4.78 is 46.4. The summed E-state index contributed by atoms with van der Waals surface area (Å²) in [7, 11) is 1.55. The van der Waals surface area contributed by atoms with Gasteiger partial charge in [-0.2, -0.15) is 13.2 Å². The van der Waals surface area contributed by atoms with Crippen molar-refractivity contribution in [2.45, 2.75) is 25.6 Å². The number of carbonyl (C=O) groups is 2. The number of halogens is 3. The molecule has 156 valence electrons. The Bertz CT molecular complexity index is 856. The number of nitrogens with one attached hydrogen (secondary N) is 2. The Balaban J connectivity index is 1.89. The van der Waals surface area contributed by atoms with Crippen molar-refractivity contribution in [2.24, 2.45) is 0 Å². The van der Waals surface area contributed by atoms with Gasteiger partial charge in [-0.15, -0.1) is 0 Å². The highest BCUT2D eigenvalue weighted by molar-refractivity contribution is 6.39. The van der Waals surface area contributed by atoms with Crippen LogP contribution in [0.2, 0.25) is 0 Å². The molecule has 0 heterocycles. The molecule has 29 heavy (non-hydrogen) atoms. The van der Waals surface area contributed by atoms with Crippen LogP contribution in [0.3, 0.4) is 0 Å². The molecule has 0 aliphatic carbocycles. The van der Waals surface area contributed by atoms with E-state index in [-0.39, 0.29) is 17.5 Å². The number of carbonyl (C=O) groups excluding carboxylic acids is 2. The third kappa shape index (κ3) is 7.73. The number of benzene rings is 2. The Kier molecular flexibility index (Phi) is 7.46. The first kappa shape index (κ1) is 22.1. The first-order chi connectivity index (χ1) is 13.7. The molecule has 0 radical (unpaired) electrons. The molecule has 2 aromatic rings. The minimum Gasteiger partial charge on any atom is -0.497 e. The number of methoxy groups -OCH3 is 1. The van der Waals surface area contributed by atoms with Crippen LogP contribution >= 0.6 is 0 Å². The van der Waals surface area contributed by atoms with Gasteiger partial charge in [-0.1, -0.05) is 18.2 Å². The van der Waals surface area contributed by atoms with E-state index in [2.05, 4.69) is 15.4 Å². The minimum atomic E-state index is -4.47. The summed E-state index contributed by atoms with van der Waals surface area (Å²) in [5.74, 6) is -1.18. The van der Waals surface area contributed by atoms with Gasteiger partial charge in [0.15, 0.2) is 6.61 Å². The Morgan fingerprint density at radius 1 is 1.03 bits per heavy atom. The number of hydrogen-bond donors (Lipinski definition) is 2. The Labute approximate surface area is 166 Å². The van der Waals surface area contributed by atoms with E-state index >= 15 is 0 Å². The molecular weight excluding hydrogens is 389 g/mol. The highest BCUT2D eigenvalue weighted by Crippen LogP contribution is 2.21. The van der Waals surface area contributed by atoms with E-state index in [0.717, 1.165) is 5.56 Å². The van der Waals surface area contributed by atoms with E-state index in [4.69, 9.17) is 4.74 Å². The van der Waals surface area contributed by atoms with Crippen LogP contribution in [-0.2, 0) is 16.0 Å². The van der Waals surface area contributed by atoms with E-state index in [0.29, 0.717) is 12.2 Å². The average molecular weight is 410 g/mol. The number of anilines is 1. The van der Waals surface area contributed by atoms with Gasteiger partial charge < -0.3 is 20.1 Å². The number of ether oxygens (including phenoxy) is 2. The van der Waals surface area contributed by atoms with Gasteiger partial charge in [-0.05, 0) is 43.2 Å². The maximum Gasteiger partial charge on any atom is 0.422 e. The number of rotatable bonds is 7. The lowest BCUT2D eigenvalue weighted by molar-refractivity contribution is -0.153. The van der Waals surface area contributed by atoms with Gasteiger partial charge >= 0.3 is 18.0 Å². The van der Waals surface area contributed by atoms with Crippen LogP contribution in [0.5, 0.6) is 11.5 Å². The molecular formula is C20H21F3N2O4. The Morgan fingerprint density at radius 2 is 1.72 bits per heavy atom. The third-order valence-electron chi connectivity index (χ3n) is 3.75. The average Bonchev–Trinajstić information content (AvgIpc) is 2.66. The summed E-state index contributed by atoms with van der Waals surface area (Å²) in [5, 5.41) is 4.91. The summed E-state index contributed by atoms with van der Waals surface area (Å²) in [6.07, 6.45) is -3.99. The lowest BCUT2D eigenvalue weighted by Gasteiger charge is -2.15. The summed E-state index contributed by atoms with van der Waals surface area (Å²) >= 11 is 0. The summed E-state index contributed by atoms with van der Waals surface area (Å²) in [5.41, 5.74) is 1.07. The van der Waals surface area contributed by atoms with Gasteiger partial charge in [0.2, 0.25) is 0 Å². The number of alkyl halides is 3. The molecule has 1 atom stereocenters. The maximum absolute atomic E-state index is 12.2. The van der Waals surface area contributed by atoms with Crippen molar-refractivity contribution in [3.8, 4) is 11.5 Å². The van der Waals surface area contributed by atoms with Crippen LogP contribution in [0.15, 0.2) is 48.5 Å². The largest absolute Gasteiger partial charge is 0.497 e. The van der Waals surface area contributed by atoms with Crippen LogP contribution in [0, 0.1) is 0 Å². The van der Waals surface area contributed by atoms with Crippen LogP contribution in [-0.4, -0.2) is 37.7 Å². The summed E-state index contributed by atoms with van der Waals surface area (Å²) in [6.45, 7) is 0.295. The predicted molar refractivity (Wildman–Crippen MR) is 101 cm³/mol. The van der Waals surface area contributed by atoms with E-state index in [1.165, 1.54) is 24.3 Å². The highest BCUT2D eigenvalue weighted by Gasteiger charge is 2.28. The van der Waals surface area contributed by atoms with E-state index in [9.17, 15) is 22.8 Å². The monoisotopic (exact) mass is 410 g/mol. The van der Waals surface area contributed by atoms with Crippen molar-refractivity contribution in [1.82, 2.24) is 5.32 Å². The van der Waals surface area contributed by atoms with Crippen molar-refractivity contribution in [3.63, 3.8) is 0 Å². The van der Waals surface area contributed by atoms with Crippen LogP contribution in [0.4, 0.5) is 18.9 Å². The molecule has 9 heteroatoms. The first-order valence-corrected chi connectivity index (χ1v) is 8.70.